The third kappa shape index (κ3) is 4.19. The minimum atomic E-state index is -1.01. The molecule has 0 saturated heterocycles. The van der Waals surface area contributed by atoms with Crippen LogP contribution < -0.4 is 10.3 Å². The summed E-state index contributed by atoms with van der Waals surface area (Å²) in [6, 6.07) is 7.22. The Morgan fingerprint density at radius 2 is 2.00 bits per heavy atom. The lowest BCUT2D eigenvalue weighted by molar-refractivity contribution is -0.385. The Bertz CT molecular complexity index is 810. The molecule has 0 radical (unpaired) electrons. The number of ether oxygens (including phenoxy) is 1. The molecule has 1 aromatic heterocycles. The van der Waals surface area contributed by atoms with Gasteiger partial charge in [0.2, 0.25) is 0 Å². The van der Waals surface area contributed by atoms with E-state index in [1.807, 2.05) is 0 Å². The lowest BCUT2D eigenvalue weighted by atomic mass is 10.2. The number of carbonyl (C=O) groups is 1. The topological polar surface area (TPSA) is 112 Å². The number of hydrogen-bond donors (Lipinski definition) is 1. The first-order valence-corrected chi connectivity index (χ1v) is 7.20. The van der Waals surface area contributed by atoms with Gasteiger partial charge in [-0.1, -0.05) is 0 Å². The zero-order chi connectivity index (χ0) is 17.7. The highest BCUT2D eigenvalue weighted by atomic mass is 16.6. The van der Waals surface area contributed by atoms with Gasteiger partial charge >= 0.3 is 5.97 Å². The number of nitrogens with zero attached hydrogens (tertiary/aromatic N) is 2. The molecule has 2 aromatic rings. The van der Waals surface area contributed by atoms with Crippen molar-refractivity contribution in [2.45, 2.75) is 19.9 Å². The molecule has 1 aromatic carbocycles. The van der Waals surface area contributed by atoms with Gasteiger partial charge in [-0.2, -0.15) is 0 Å². The van der Waals surface area contributed by atoms with Gasteiger partial charge in [-0.25, -0.2) is 4.79 Å². The molecule has 8 nitrogen and oxygen atoms in total. The third-order valence-corrected chi connectivity index (χ3v) is 3.37. The monoisotopic (exact) mass is 332 g/mol. The van der Waals surface area contributed by atoms with E-state index >= 15 is 0 Å². The summed E-state index contributed by atoms with van der Waals surface area (Å²) >= 11 is 0. The fraction of sp³-hybridized carbons (Fsp3) is 0.250. The highest BCUT2D eigenvalue weighted by Crippen LogP contribution is 2.13. The van der Waals surface area contributed by atoms with E-state index in [4.69, 9.17) is 9.84 Å². The van der Waals surface area contributed by atoms with Gasteiger partial charge in [0.1, 0.15) is 5.75 Å². The highest BCUT2D eigenvalue weighted by molar-refractivity contribution is 5.87. The van der Waals surface area contributed by atoms with Crippen molar-refractivity contribution in [3.05, 3.63) is 68.1 Å². The average molecular weight is 332 g/mol. The predicted octanol–water partition coefficient (Wildman–Crippen LogP) is 2.23. The first-order chi connectivity index (χ1) is 11.4. The van der Waals surface area contributed by atoms with Crippen molar-refractivity contribution in [2.24, 2.45) is 0 Å². The second-order valence-corrected chi connectivity index (χ2v) is 5.17. The number of hydrogen-bond acceptors (Lipinski definition) is 5. The van der Waals surface area contributed by atoms with Crippen molar-refractivity contribution in [1.29, 1.82) is 0 Å². The molecule has 0 atom stereocenters. The van der Waals surface area contributed by atoms with Crippen LogP contribution in [0.5, 0.6) is 5.75 Å². The maximum Gasteiger partial charge on any atom is 0.335 e. The SMILES string of the molecule is Cc1cc([N+](=O)[O-])cn(CCCOc2ccc(C(=O)O)cc2)c1=O. The van der Waals surface area contributed by atoms with E-state index < -0.39 is 10.9 Å². The average Bonchev–Trinajstić information content (AvgIpc) is 2.55. The van der Waals surface area contributed by atoms with Crippen molar-refractivity contribution in [2.75, 3.05) is 6.61 Å². The minimum absolute atomic E-state index is 0.128. The van der Waals surface area contributed by atoms with Crippen molar-refractivity contribution >= 4 is 11.7 Å². The van der Waals surface area contributed by atoms with Crippen LogP contribution in [0.1, 0.15) is 22.3 Å². The van der Waals surface area contributed by atoms with Gasteiger partial charge in [0.25, 0.3) is 11.2 Å². The summed E-state index contributed by atoms with van der Waals surface area (Å²) in [5.41, 5.74) is 0.0824. The van der Waals surface area contributed by atoms with Gasteiger partial charge in [0.15, 0.2) is 0 Å². The molecule has 24 heavy (non-hydrogen) atoms. The maximum absolute atomic E-state index is 12.0. The lowest BCUT2D eigenvalue weighted by Crippen LogP contribution is -2.23. The van der Waals surface area contributed by atoms with E-state index in [0.29, 0.717) is 24.3 Å². The Morgan fingerprint density at radius 1 is 1.33 bits per heavy atom. The standard InChI is InChI=1S/C16H16N2O6/c1-11-9-13(18(22)23)10-17(15(11)19)7-2-8-24-14-5-3-12(4-6-14)16(20)21/h3-6,9-10H,2,7-8H2,1H3,(H,20,21). The molecule has 1 N–H and O–H groups in total. The van der Waals surface area contributed by atoms with Crippen molar-refractivity contribution < 1.29 is 19.6 Å². The van der Waals surface area contributed by atoms with Crippen molar-refractivity contribution in [3.8, 4) is 5.75 Å². The van der Waals surface area contributed by atoms with Crippen LogP contribution in [0, 0.1) is 17.0 Å². The van der Waals surface area contributed by atoms with Crippen LogP contribution in [-0.4, -0.2) is 27.2 Å². The van der Waals surface area contributed by atoms with Crippen molar-refractivity contribution in [1.82, 2.24) is 4.57 Å². The molecule has 0 aliphatic heterocycles. The first kappa shape index (κ1) is 17.2. The molecule has 1 heterocycles. The van der Waals surface area contributed by atoms with Gasteiger partial charge in [-0.3, -0.25) is 14.9 Å². The molecule has 0 spiro atoms. The molecule has 8 heteroatoms. The first-order valence-electron chi connectivity index (χ1n) is 7.20. The fourth-order valence-electron chi connectivity index (χ4n) is 2.15. The van der Waals surface area contributed by atoms with Crippen LogP contribution >= 0.6 is 0 Å². The summed E-state index contributed by atoms with van der Waals surface area (Å²) in [6.45, 7) is 2.11. The molecule has 0 bridgehead atoms. The second kappa shape index (κ2) is 7.40. The van der Waals surface area contributed by atoms with Crippen LogP contribution in [-0.2, 0) is 6.54 Å². The van der Waals surface area contributed by atoms with E-state index in [0.717, 1.165) is 0 Å². The molecule has 0 aliphatic carbocycles. The molecule has 0 amide bonds. The van der Waals surface area contributed by atoms with Crippen LogP contribution in [0.2, 0.25) is 0 Å². The molecule has 2 rings (SSSR count). The van der Waals surface area contributed by atoms with Crippen LogP contribution in [0.15, 0.2) is 41.3 Å². The van der Waals surface area contributed by atoms with E-state index in [9.17, 15) is 19.7 Å². The van der Waals surface area contributed by atoms with Crippen LogP contribution in [0.3, 0.4) is 0 Å². The normalized spacial score (nSPS) is 10.4. The number of aromatic nitrogens is 1. The Balaban J connectivity index is 1.93. The predicted molar refractivity (Wildman–Crippen MR) is 85.6 cm³/mol. The molecule has 126 valence electrons. The van der Waals surface area contributed by atoms with Gasteiger partial charge in [0.05, 0.1) is 23.3 Å². The number of pyridine rings is 1. The number of rotatable bonds is 7. The number of aryl methyl sites for hydroxylation is 2. The summed E-state index contributed by atoms with van der Waals surface area (Å²) in [5.74, 6) is -0.496. The molecule has 0 unspecified atom stereocenters. The van der Waals surface area contributed by atoms with Crippen molar-refractivity contribution in [3.63, 3.8) is 0 Å². The molecule has 0 aliphatic rings. The van der Waals surface area contributed by atoms with Gasteiger partial charge in [-0.15, -0.1) is 0 Å². The van der Waals surface area contributed by atoms with E-state index in [2.05, 4.69) is 0 Å². The van der Waals surface area contributed by atoms with Crippen LogP contribution in [0.4, 0.5) is 5.69 Å². The number of carboxylic acid groups (broad SMARTS) is 1. The number of aromatic carboxylic acids is 1. The smallest absolute Gasteiger partial charge is 0.335 e. The Hall–Kier alpha value is -3.16. The molecule has 0 fully saturated rings. The largest absolute Gasteiger partial charge is 0.494 e. The van der Waals surface area contributed by atoms with Gasteiger partial charge < -0.3 is 14.4 Å². The minimum Gasteiger partial charge on any atom is -0.494 e. The van der Waals surface area contributed by atoms with E-state index in [-0.39, 0.29) is 23.4 Å². The Kier molecular flexibility index (Phi) is 5.31. The molecular weight excluding hydrogens is 316 g/mol. The quantitative estimate of drug-likeness (QED) is 0.473. The Morgan fingerprint density at radius 3 is 2.58 bits per heavy atom. The zero-order valence-corrected chi connectivity index (χ0v) is 13.0. The third-order valence-electron chi connectivity index (χ3n) is 3.37. The Labute approximate surface area is 137 Å². The fourth-order valence-corrected chi connectivity index (χ4v) is 2.15. The number of benzene rings is 1. The summed E-state index contributed by atoms with van der Waals surface area (Å²) in [7, 11) is 0. The highest BCUT2D eigenvalue weighted by Gasteiger charge is 2.11. The zero-order valence-electron chi connectivity index (χ0n) is 13.0. The molecule has 0 saturated carbocycles. The van der Waals surface area contributed by atoms with E-state index in [1.165, 1.54) is 35.9 Å². The summed E-state index contributed by atoms with van der Waals surface area (Å²) in [4.78, 5) is 33.0. The maximum atomic E-state index is 12.0. The second-order valence-electron chi connectivity index (χ2n) is 5.17. The summed E-state index contributed by atoms with van der Waals surface area (Å²) in [5, 5.41) is 19.6. The van der Waals surface area contributed by atoms with E-state index in [1.54, 1.807) is 12.1 Å². The molecular formula is C16H16N2O6. The summed E-state index contributed by atoms with van der Waals surface area (Å²) < 4.78 is 6.76. The number of carboxylic acids is 1. The van der Waals surface area contributed by atoms with Gasteiger partial charge in [-0.05, 0) is 37.6 Å². The van der Waals surface area contributed by atoms with Gasteiger partial charge in [0, 0.05) is 18.2 Å². The van der Waals surface area contributed by atoms with Crippen LogP contribution in [0.25, 0.3) is 0 Å². The number of nitro groups is 1. The lowest BCUT2D eigenvalue weighted by Gasteiger charge is -2.09. The summed E-state index contributed by atoms with van der Waals surface area (Å²) in [6.07, 6.45) is 1.69.